The number of fused-ring (bicyclic) bond motifs is 1. The number of ether oxygens (including phenoxy) is 1. The molecule has 4 heteroatoms. The highest BCUT2D eigenvalue weighted by molar-refractivity contribution is 6.18. The number of hydrogen-bond acceptors (Lipinski definition) is 3. The number of aromatic nitrogens is 1. The minimum Gasteiger partial charge on any atom is -0.497 e. The van der Waals surface area contributed by atoms with Gasteiger partial charge in [-0.2, -0.15) is 0 Å². The zero-order valence-electron chi connectivity index (χ0n) is 12.4. The SMILES string of the molecule is COc1ccc2c(N(CCCl)C3CCCC3)nccc2c1. The first-order chi connectivity index (χ1) is 10.3. The van der Waals surface area contributed by atoms with Crippen molar-refractivity contribution in [1.29, 1.82) is 0 Å². The molecule has 1 heterocycles. The van der Waals surface area contributed by atoms with Crippen LogP contribution in [0, 0.1) is 0 Å². The quantitative estimate of drug-likeness (QED) is 0.773. The van der Waals surface area contributed by atoms with Gasteiger partial charge in [0, 0.05) is 30.0 Å². The van der Waals surface area contributed by atoms with Crippen molar-refractivity contribution < 1.29 is 4.74 Å². The summed E-state index contributed by atoms with van der Waals surface area (Å²) in [5.74, 6) is 2.57. The van der Waals surface area contributed by atoms with Crippen molar-refractivity contribution >= 4 is 28.2 Å². The zero-order chi connectivity index (χ0) is 14.7. The van der Waals surface area contributed by atoms with E-state index in [9.17, 15) is 0 Å². The molecule has 1 aliphatic rings. The minimum atomic E-state index is 0.573. The van der Waals surface area contributed by atoms with Gasteiger partial charge in [0.15, 0.2) is 0 Å². The molecule has 0 atom stereocenters. The van der Waals surface area contributed by atoms with Gasteiger partial charge >= 0.3 is 0 Å². The molecule has 112 valence electrons. The lowest BCUT2D eigenvalue weighted by Gasteiger charge is -2.30. The number of rotatable bonds is 5. The fraction of sp³-hybridized carbons (Fsp3) is 0.471. The number of nitrogens with zero attached hydrogens (tertiary/aromatic N) is 2. The van der Waals surface area contributed by atoms with Gasteiger partial charge in [-0.25, -0.2) is 4.98 Å². The van der Waals surface area contributed by atoms with E-state index in [2.05, 4.69) is 22.0 Å². The van der Waals surface area contributed by atoms with Gasteiger partial charge in [0.25, 0.3) is 0 Å². The molecule has 0 N–H and O–H groups in total. The highest BCUT2D eigenvalue weighted by Crippen LogP contribution is 2.32. The third kappa shape index (κ3) is 2.93. The Kier molecular flexibility index (Phi) is 4.49. The zero-order valence-corrected chi connectivity index (χ0v) is 13.1. The number of halogens is 1. The maximum atomic E-state index is 6.03. The molecule has 0 spiro atoms. The van der Waals surface area contributed by atoms with Crippen molar-refractivity contribution in [2.45, 2.75) is 31.7 Å². The van der Waals surface area contributed by atoms with E-state index in [0.717, 1.165) is 23.5 Å². The highest BCUT2D eigenvalue weighted by atomic mass is 35.5. The van der Waals surface area contributed by atoms with Crippen molar-refractivity contribution in [1.82, 2.24) is 4.98 Å². The molecule has 1 saturated carbocycles. The fourth-order valence-corrected chi connectivity index (χ4v) is 3.45. The number of alkyl halides is 1. The summed E-state index contributed by atoms with van der Waals surface area (Å²) in [6, 6.07) is 8.78. The van der Waals surface area contributed by atoms with Gasteiger partial charge in [0.2, 0.25) is 0 Å². The summed E-state index contributed by atoms with van der Waals surface area (Å²) < 4.78 is 5.31. The average Bonchev–Trinajstić information content (AvgIpc) is 3.05. The topological polar surface area (TPSA) is 25.4 Å². The summed E-state index contributed by atoms with van der Waals surface area (Å²) in [6.07, 6.45) is 6.98. The molecule has 3 nitrogen and oxygen atoms in total. The molecule has 0 aliphatic heterocycles. The second-order valence-corrected chi connectivity index (χ2v) is 5.92. The lowest BCUT2D eigenvalue weighted by Crippen LogP contribution is -2.35. The largest absolute Gasteiger partial charge is 0.497 e. The Labute approximate surface area is 130 Å². The summed E-state index contributed by atoms with van der Waals surface area (Å²) in [5, 5.41) is 2.34. The molecule has 21 heavy (non-hydrogen) atoms. The van der Waals surface area contributed by atoms with Crippen molar-refractivity contribution in [2.75, 3.05) is 24.4 Å². The number of anilines is 1. The Morgan fingerprint density at radius 1 is 1.29 bits per heavy atom. The van der Waals surface area contributed by atoms with E-state index in [1.54, 1.807) is 7.11 Å². The molecule has 1 fully saturated rings. The maximum Gasteiger partial charge on any atom is 0.136 e. The summed E-state index contributed by atoms with van der Waals surface area (Å²) in [7, 11) is 1.70. The van der Waals surface area contributed by atoms with Crippen LogP contribution in [0.25, 0.3) is 10.8 Å². The van der Waals surface area contributed by atoms with Crippen molar-refractivity contribution in [2.24, 2.45) is 0 Å². The normalized spacial score (nSPS) is 15.5. The van der Waals surface area contributed by atoms with Gasteiger partial charge in [-0.1, -0.05) is 12.8 Å². The first kappa shape index (κ1) is 14.5. The molecule has 3 rings (SSSR count). The Morgan fingerprint density at radius 2 is 2.10 bits per heavy atom. The third-order valence-corrected chi connectivity index (χ3v) is 4.48. The Morgan fingerprint density at radius 3 is 2.81 bits per heavy atom. The van der Waals surface area contributed by atoms with Crippen LogP contribution < -0.4 is 9.64 Å². The van der Waals surface area contributed by atoms with Crippen molar-refractivity contribution in [3.8, 4) is 5.75 Å². The van der Waals surface area contributed by atoms with Crippen LogP contribution >= 0.6 is 11.6 Å². The maximum absolute atomic E-state index is 6.03. The predicted molar refractivity (Wildman–Crippen MR) is 88.6 cm³/mol. The summed E-state index contributed by atoms with van der Waals surface area (Å²) in [6.45, 7) is 0.852. The second kappa shape index (κ2) is 6.52. The second-order valence-electron chi connectivity index (χ2n) is 5.54. The van der Waals surface area contributed by atoms with Crippen LogP contribution in [0.15, 0.2) is 30.5 Å². The van der Waals surface area contributed by atoms with Crippen LogP contribution in [0.4, 0.5) is 5.82 Å². The molecule has 0 saturated heterocycles. The van der Waals surface area contributed by atoms with Gasteiger partial charge in [-0.05, 0) is 42.5 Å². The standard InChI is InChI=1S/C17H21ClN2O/c1-21-15-6-7-16-13(12-15)8-10-19-17(16)20(11-9-18)14-4-2-3-5-14/h6-8,10,12,14H,2-5,9,11H2,1H3. The van der Waals surface area contributed by atoms with Gasteiger partial charge in [0.1, 0.15) is 11.6 Å². The van der Waals surface area contributed by atoms with Gasteiger partial charge in [0.05, 0.1) is 7.11 Å². The summed E-state index contributed by atoms with van der Waals surface area (Å²) >= 11 is 6.03. The first-order valence-corrected chi connectivity index (χ1v) is 8.12. The molecule has 0 bridgehead atoms. The van der Waals surface area contributed by atoms with Crippen LogP contribution in [0.5, 0.6) is 5.75 Å². The molecule has 1 aliphatic carbocycles. The molecule has 2 aromatic rings. The Bertz CT molecular complexity index is 611. The van der Waals surface area contributed by atoms with E-state index in [4.69, 9.17) is 16.3 Å². The minimum absolute atomic E-state index is 0.573. The number of hydrogen-bond donors (Lipinski definition) is 0. The predicted octanol–water partition coefficient (Wildman–Crippen LogP) is 4.23. The van der Waals surface area contributed by atoms with E-state index < -0.39 is 0 Å². The third-order valence-electron chi connectivity index (χ3n) is 4.31. The molecular formula is C17H21ClN2O. The lowest BCUT2D eigenvalue weighted by atomic mass is 10.1. The summed E-state index contributed by atoms with van der Waals surface area (Å²) in [5.41, 5.74) is 0. The van der Waals surface area contributed by atoms with Gasteiger partial charge < -0.3 is 9.64 Å². The molecular weight excluding hydrogens is 284 g/mol. The van der Waals surface area contributed by atoms with Crippen LogP contribution in [0.3, 0.4) is 0 Å². The number of benzene rings is 1. The Hall–Kier alpha value is -1.48. The first-order valence-electron chi connectivity index (χ1n) is 7.59. The van der Waals surface area contributed by atoms with E-state index in [1.807, 2.05) is 18.3 Å². The van der Waals surface area contributed by atoms with Crippen LogP contribution in [-0.2, 0) is 0 Å². The van der Waals surface area contributed by atoms with E-state index >= 15 is 0 Å². The molecule has 0 amide bonds. The van der Waals surface area contributed by atoms with Gasteiger partial charge in [-0.15, -0.1) is 11.6 Å². The van der Waals surface area contributed by atoms with E-state index in [1.165, 1.54) is 31.1 Å². The van der Waals surface area contributed by atoms with Crippen LogP contribution in [-0.4, -0.2) is 30.6 Å². The highest BCUT2D eigenvalue weighted by Gasteiger charge is 2.24. The van der Waals surface area contributed by atoms with Crippen molar-refractivity contribution in [3.05, 3.63) is 30.5 Å². The monoisotopic (exact) mass is 304 g/mol. The number of methoxy groups -OCH3 is 1. The van der Waals surface area contributed by atoms with Crippen LogP contribution in [0.2, 0.25) is 0 Å². The van der Waals surface area contributed by atoms with Crippen molar-refractivity contribution in [3.63, 3.8) is 0 Å². The molecule has 1 aromatic carbocycles. The summed E-state index contributed by atoms with van der Waals surface area (Å²) in [4.78, 5) is 7.05. The number of pyridine rings is 1. The van der Waals surface area contributed by atoms with E-state index in [-0.39, 0.29) is 0 Å². The fourth-order valence-electron chi connectivity index (χ4n) is 3.26. The average molecular weight is 305 g/mol. The van der Waals surface area contributed by atoms with Crippen LogP contribution in [0.1, 0.15) is 25.7 Å². The Balaban J connectivity index is 2.04. The molecule has 0 radical (unpaired) electrons. The smallest absolute Gasteiger partial charge is 0.136 e. The lowest BCUT2D eigenvalue weighted by molar-refractivity contribution is 0.415. The molecule has 0 unspecified atom stereocenters. The van der Waals surface area contributed by atoms with Gasteiger partial charge in [-0.3, -0.25) is 0 Å². The molecule has 1 aromatic heterocycles. The van der Waals surface area contributed by atoms with E-state index in [0.29, 0.717) is 11.9 Å².